The summed E-state index contributed by atoms with van der Waals surface area (Å²) in [5.74, 6) is -0.383. The first-order chi connectivity index (χ1) is 19.0. The predicted octanol–water partition coefficient (Wildman–Crippen LogP) is 6.50. The number of hydrogen-bond donors (Lipinski definition) is 3. The Balaban J connectivity index is 1.37. The molecule has 2 heterocycles. The van der Waals surface area contributed by atoms with E-state index in [1.54, 1.807) is 23.1 Å². The van der Waals surface area contributed by atoms with E-state index in [-0.39, 0.29) is 41.7 Å². The standard InChI is InChI=1S/C29H31ClF4N4O2/c30-19-3-10-24-23(15-19)25(16-26(37-24)29(32,33)34)35-17-28(18-1-4-20(31)5-2-18)11-13-38(14-12-28)27(40)36-21-6-8-22(39)9-7-21/h1-5,10,15-16,21-22,39H,6-9,11-14,17H2,(H,35,37)(H,36,40). The average Bonchev–Trinajstić information content (AvgIpc) is 2.93. The molecule has 1 aliphatic heterocycles. The molecular weight excluding hydrogens is 548 g/mol. The van der Waals surface area contributed by atoms with Gasteiger partial charge in [0.2, 0.25) is 0 Å². The monoisotopic (exact) mass is 578 g/mol. The molecule has 1 saturated carbocycles. The third kappa shape index (κ3) is 6.28. The number of carbonyl (C=O) groups excluding carboxylic acids is 1. The summed E-state index contributed by atoms with van der Waals surface area (Å²) >= 11 is 6.16. The van der Waals surface area contributed by atoms with E-state index < -0.39 is 17.3 Å². The Hall–Kier alpha value is -3.11. The topological polar surface area (TPSA) is 77.5 Å². The smallest absolute Gasteiger partial charge is 0.393 e. The molecule has 2 amide bonds. The molecule has 1 aromatic heterocycles. The van der Waals surface area contributed by atoms with Crippen LogP contribution in [0.4, 0.5) is 28.0 Å². The summed E-state index contributed by atoms with van der Waals surface area (Å²) in [5.41, 5.74) is -0.316. The van der Waals surface area contributed by atoms with E-state index in [0.29, 0.717) is 49.2 Å². The van der Waals surface area contributed by atoms with Crippen LogP contribution in [0.15, 0.2) is 48.5 Å². The number of amides is 2. The molecule has 214 valence electrons. The summed E-state index contributed by atoms with van der Waals surface area (Å²) in [5, 5.41) is 16.9. The first-order valence-corrected chi connectivity index (χ1v) is 13.8. The number of rotatable bonds is 5. The Morgan fingerprint density at radius 3 is 2.38 bits per heavy atom. The number of nitrogens with zero attached hydrogens (tertiary/aromatic N) is 2. The van der Waals surface area contributed by atoms with Crippen LogP contribution in [0.2, 0.25) is 5.02 Å². The molecule has 0 unspecified atom stereocenters. The maximum absolute atomic E-state index is 13.8. The number of aromatic nitrogens is 1. The number of halogens is 5. The number of fused-ring (bicyclic) bond motifs is 1. The number of pyridine rings is 1. The number of aliphatic hydroxyl groups excluding tert-OH is 1. The van der Waals surface area contributed by atoms with Gasteiger partial charge in [-0.1, -0.05) is 23.7 Å². The third-order valence-corrected chi connectivity index (χ3v) is 8.40. The first kappa shape index (κ1) is 28.4. The summed E-state index contributed by atoms with van der Waals surface area (Å²) in [6.07, 6.45) is -1.11. The highest BCUT2D eigenvalue weighted by molar-refractivity contribution is 6.31. The number of likely N-dealkylation sites (tertiary alicyclic amines) is 1. The molecule has 1 saturated heterocycles. The van der Waals surface area contributed by atoms with Gasteiger partial charge in [-0.05, 0) is 80.5 Å². The number of urea groups is 1. The molecule has 40 heavy (non-hydrogen) atoms. The minimum atomic E-state index is -4.63. The Bertz CT molecular complexity index is 1350. The second kappa shape index (κ2) is 11.4. The van der Waals surface area contributed by atoms with Gasteiger partial charge in [0.1, 0.15) is 11.5 Å². The van der Waals surface area contributed by atoms with Gasteiger partial charge in [0.25, 0.3) is 0 Å². The van der Waals surface area contributed by atoms with E-state index in [2.05, 4.69) is 15.6 Å². The summed E-state index contributed by atoms with van der Waals surface area (Å²) in [7, 11) is 0. The normalized spacial score (nSPS) is 21.3. The maximum atomic E-state index is 13.8. The third-order valence-electron chi connectivity index (χ3n) is 8.17. The zero-order valence-electron chi connectivity index (χ0n) is 21.8. The Morgan fingerprint density at radius 2 is 1.73 bits per heavy atom. The minimum Gasteiger partial charge on any atom is -0.393 e. The van der Waals surface area contributed by atoms with Crippen molar-refractivity contribution in [1.82, 2.24) is 15.2 Å². The number of hydrogen-bond acceptors (Lipinski definition) is 4. The van der Waals surface area contributed by atoms with Crippen LogP contribution in [0.25, 0.3) is 10.9 Å². The molecule has 0 atom stereocenters. The lowest BCUT2D eigenvalue weighted by Gasteiger charge is -2.43. The second-order valence-electron chi connectivity index (χ2n) is 10.8. The van der Waals surface area contributed by atoms with Gasteiger partial charge in [0.05, 0.1) is 11.6 Å². The van der Waals surface area contributed by atoms with Crippen LogP contribution in [0.3, 0.4) is 0 Å². The number of nitrogens with one attached hydrogen (secondary N) is 2. The fraction of sp³-hybridized carbons (Fsp3) is 0.448. The van der Waals surface area contributed by atoms with E-state index in [1.165, 1.54) is 24.3 Å². The van der Waals surface area contributed by atoms with Gasteiger partial charge >= 0.3 is 12.2 Å². The van der Waals surface area contributed by atoms with E-state index in [4.69, 9.17) is 11.6 Å². The average molecular weight is 579 g/mol. The van der Waals surface area contributed by atoms with Crippen LogP contribution >= 0.6 is 11.6 Å². The quantitative estimate of drug-likeness (QED) is 0.302. The molecule has 1 aliphatic carbocycles. The van der Waals surface area contributed by atoms with E-state index in [1.807, 2.05) is 0 Å². The first-order valence-electron chi connectivity index (χ1n) is 13.4. The van der Waals surface area contributed by atoms with Crippen molar-refractivity contribution in [2.45, 2.75) is 62.3 Å². The fourth-order valence-corrected chi connectivity index (χ4v) is 5.92. The van der Waals surface area contributed by atoms with Gasteiger partial charge in [0, 0.05) is 47.2 Å². The molecule has 0 bridgehead atoms. The van der Waals surface area contributed by atoms with Gasteiger partial charge in [-0.15, -0.1) is 0 Å². The van der Waals surface area contributed by atoms with Crippen LogP contribution in [-0.2, 0) is 11.6 Å². The lowest BCUT2D eigenvalue weighted by Crippen LogP contribution is -2.53. The highest BCUT2D eigenvalue weighted by Gasteiger charge is 2.39. The molecule has 2 fully saturated rings. The predicted molar refractivity (Wildman–Crippen MR) is 146 cm³/mol. The lowest BCUT2D eigenvalue weighted by molar-refractivity contribution is -0.140. The van der Waals surface area contributed by atoms with Crippen LogP contribution < -0.4 is 10.6 Å². The lowest BCUT2D eigenvalue weighted by atomic mass is 9.72. The number of alkyl halides is 3. The van der Waals surface area contributed by atoms with Gasteiger partial charge in [-0.3, -0.25) is 0 Å². The minimum absolute atomic E-state index is 0.0240. The molecule has 0 radical (unpaired) electrons. The van der Waals surface area contributed by atoms with Crippen molar-refractivity contribution in [2.24, 2.45) is 0 Å². The molecule has 5 rings (SSSR count). The van der Waals surface area contributed by atoms with Crippen molar-refractivity contribution in [2.75, 3.05) is 25.0 Å². The largest absolute Gasteiger partial charge is 0.433 e. The Labute approximate surface area is 234 Å². The van der Waals surface area contributed by atoms with Gasteiger partial charge in [-0.25, -0.2) is 14.2 Å². The van der Waals surface area contributed by atoms with Crippen molar-refractivity contribution < 1.29 is 27.5 Å². The van der Waals surface area contributed by atoms with Crippen molar-refractivity contribution in [3.8, 4) is 0 Å². The summed E-state index contributed by atoms with van der Waals surface area (Å²) in [6, 6.07) is 11.5. The van der Waals surface area contributed by atoms with Crippen LogP contribution in [0.5, 0.6) is 0 Å². The molecule has 3 aromatic rings. The summed E-state index contributed by atoms with van der Waals surface area (Å²) < 4.78 is 54.7. The van der Waals surface area contributed by atoms with E-state index >= 15 is 0 Å². The maximum Gasteiger partial charge on any atom is 0.433 e. The van der Waals surface area contributed by atoms with Gasteiger partial charge < -0.3 is 20.6 Å². The SMILES string of the molecule is O=C(NC1CCC(O)CC1)N1CCC(CNc2cc(C(F)(F)F)nc3ccc(Cl)cc23)(c2ccc(F)cc2)CC1. The van der Waals surface area contributed by atoms with Crippen molar-refractivity contribution in [3.63, 3.8) is 0 Å². The van der Waals surface area contributed by atoms with Crippen molar-refractivity contribution >= 4 is 34.2 Å². The Kier molecular flexibility index (Phi) is 8.10. The molecule has 0 spiro atoms. The number of aliphatic hydroxyl groups is 1. The van der Waals surface area contributed by atoms with Crippen LogP contribution in [0.1, 0.15) is 49.8 Å². The van der Waals surface area contributed by atoms with Crippen molar-refractivity contribution in [3.05, 3.63) is 70.6 Å². The van der Waals surface area contributed by atoms with Crippen LogP contribution in [-0.4, -0.2) is 52.8 Å². The summed E-state index contributed by atoms with van der Waals surface area (Å²) in [4.78, 5) is 18.5. The van der Waals surface area contributed by atoms with Gasteiger partial charge in [-0.2, -0.15) is 13.2 Å². The van der Waals surface area contributed by atoms with E-state index in [9.17, 15) is 27.5 Å². The highest BCUT2D eigenvalue weighted by atomic mass is 35.5. The number of carbonyl (C=O) groups is 1. The summed E-state index contributed by atoms with van der Waals surface area (Å²) in [6.45, 7) is 1.12. The zero-order valence-corrected chi connectivity index (χ0v) is 22.5. The number of anilines is 1. The second-order valence-corrected chi connectivity index (χ2v) is 11.2. The fourth-order valence-electron chi connectivity index (χ4n) is 5.75. The zero-order chi connectivity index (χ0) is 28.5. The van der Waals surface area contributed by atoms with E-state index in [0.717, 1.165) is 24.5 Å². The molecule has 3 N–H and O–H groups in total. The number of piperidine rings is 1. The van der Waals surface area contributed by atoms with Crippen LogP contribution in [0, 0.1) is 5.82 Å². The highest BCUT2D eigenvalue weighted by Crippen LogP contribution is 2.39. The molecule has 11 heteroatoms. The van der Waals surface area contributed by atoms with Crippen molar-refractivity contribution in [1.29, 1.82) is 0 Å². The Morgan fingerprint density at radius 1 is 1.05 bits per heavy atom. The molecule has 6 nitrogen and oxygen atoms in total. The molecule has 2 aliphatic rings. The van der Waals surface area contributed by atoms with Gasteiger partial charge in [0.15, 0.2) is 0 Å². The molecular formula is C29H31ClF4N4O2. The number of benzene rings is 2. The molecule has 2 aromatic carbocycles.